The molecule has 2 aliphatic rings. The van der Waals surface area contributed by atoms with Crippen molar-refractivity contribution in [1.82, 2.24) is 9.80 Å². The monoisotopic (exact) mass is 281 g/mol. The van der Waals surface area contributed by atoms with Crippen LogP contribution in [0.4, 0.5) is 0 Å². The molecule has 2 saturated heterocycles. The summed E-state index contributed by atoms with van der Waals surface area (Å²) in [5.41, 5.74) is 6.02. The Hall–Kier alpha value is -0.120. The molecule has 2 heterocycles. The predicted octanol–water partition coefficient (Wildman–Crippen LogP) is 2.70. The van der Waals surface area contributed by atoms with Crippen LogP contribution in [0.3, 0.4) is 0 Å². The molecule has 0 radical (unpaired) electrons. The number of likely N-dealkylation sites (tertiary alicyclic amines) is 2. The summed E-state index contributed by atoms with van der Waals surface area (Å²) >= 11 is 0. The lowest BCUT2D eigenvalue weighted by Crippen LogP contribution is -2.46. The van der Waals surface area contributed by atoms with Crippen molar-refractivity contribution in [2.45, 2.75) is 70.9 Å². The van der Waals surface area contributed by atoms with Gasteiger partial charge in [0.25, 0.3) is 0 Å². The SMILES string of the molecule is CCCCC(CC)CN1CCC(N2CCC(N)CC2)C1. The van der Waals surface area contributed by atoms with Crippen LogP contribution in [0.5, 0.6) is 0 Å². The first kappa shape index (κ1) is 16.3. The van der Waals surface area contributed by atoms with E-state index in [4.69, 9.17) is 5.73 Å². The van der Waals surface area contributed by atoms with Gasteiger partial charge in [-0.3, -0.25) is 4.90 Å². The van der Waals surface area contributed by atoms with Crippen LogP contribution in [-0.2, 0) is 0 Å². The molecule has 118 valence electrons. The van der Waals surface area contributed by atoms with E-state index in [9.17, 15) is 0 Å². The number of hydrogen-bond donors (Lipinski definition) is 1. The molecule has 2 rings (SSSR count). The first-order valence-corrected chi connectivity index (χ1v) is 8.94. The average Bonchev–Trinajstić information content (AvgIpc) is 2.92. The van der Waals surface area contributed by atoms with Gasteiger partial charge in [0.2, 0.25) is 0 Å². The number of piperidine rings is 1. The summed E-state index contributed by atoms with van der Waals surface area (Å²) in [6.45, 7) is 11.1. The van der Waals surface area contributed by atoms with E-state index in [1.807, 2.05) is 0 Å². The molecule has 2 atom stereocenters. The Morgan fingerprint density at radius 1 is 1.10 bits per heavy atom. The van der Waals surface area contributed by atoms with Gasteiger partial charge in [-0.1, -0.05) is 33.1 Å². The average molecular weight is 281 g/mol. The molecule has 0 amide bonds. The van der Waals surface area contributed by atoms with Gasteiger partial charge in [0.05, 0.1) is 0 Å². The predicted molar refractivity (Wildman–Crippen MR) is 86.9 cm³/mol. The third-order valence-corrected chi connectivity index (χ3v) is 5.40. The van der Waals surface area contributed by atoms with Crippen LogP contribution in [0.2, 0.25) is 0 Å². The largest absolute Gasteiger partial charge is 0.328 e. The minimum atomic E-state index is 0.460. The van der Waals surface area contributed by atoms with E-state index >= 15 is 0 Å². The Kier molecular flexibility index (Phi) is 6.79. The van der Waals surface area contributed by atoms with E-state index in [2.05, 4.69) is 23.6 Å². The maximum atomic E-state index is 6.02. The molecule has 0 spiro atoms. The van der Waals surface area contributed by atoms with E-state index in [-0.39, 0.29) is 0 Å². The number of unbranched alkanes of at least 4 members (excludes halogenated alkanes) is 1. The van der Waals surface area contributed by atoms with Gasteiger partial charge < -0.3 is 10.6 Å². The van der Waals surface area contributed by atoms with E-state index < -0.39 is 0 Å². The van der Waals surface area contributed by atoms with Gasteiger partial charge in [0.1, 0.15) is 0 Å². The molecule has 0 aliphatic carbocycles. The first-order chi connectivity index (χ1) is 9.72. The van der Waals surface area contributed by atoms with Gasteiger partial charge in [-0.05, 0) is 51.2 Å². The normalized spacial score (nSPS) is 28.1. The Morgan fingerprint density at radius 3 is 2.50 bits per heavy atom. The van der Waals surface area contributed by atoms with E-state index in [1.54, 1.807) is 0 Å². The summed E-state index contributed by atoms with van der Waals surface area (Å²) in [7, 11) is 0. The van der Waals surface area contributed by atoms with E-state index in [1.165, 1.54) is 77.7 Å². The summed E-state index contributed by atoms with van der Waals surface area (Å²) in [6.07, 6.45) is 9.29. The lowest BCUT2D eigenvalue weighted by atomic mass is 9.99. The highest BCUT2D eigenvalue weighted by Crippen LogP contribution is 2.22. The van der Waals surface area contributed by atoms with E-state index in [0.29, 0.717) is 6.04 Å². The number of nitrogens with two attached hydrogens (primary N) is 1. The van der Waals surface area contributed by atoms with Crippen LogP contribution < -0.4 is 5.73 Å². The second-order valence-electron chi connectivity index (χ2n) is 6.99. The molecule has 2 N–H and O–H groups in total. The first-order valence-electron chi connectivity index (χ1n) is 8.94. The fourth-order valence-electron chi connectivity index (χ4n) is 3.84. The van der Waals surface area contributed by atoms with Crippen LogP contribution >= 0.6 is 0 Å². The molecule has 0 saturated carbocycles. The Morgan fingerprint density at radius 2 is 1.85 bits per heavy atom. The van der Waals surface area contributed by atoms with Crippen molar-refractivity contribution in [1.29, 1.82) is 0 Å². The van der Waals surface area contributed by atoms with Crippen LogP contribution in [-0.4, -0.2) is 54.6 Å². The zero-order valence-electron chi connectivity index (χ0n) is 13.7. The quantitative estimate of drug-likeness (QED) is 0.779. The summed E-state index contributed by atoms with van der Waals surface area (Å²) in [5.74, 6) is 0.920. The van der Waals surface area contributed by atoms with Crippen LogP contribution in [0, 0.1) is 5.92 Å². The number of nitrogens with zero attached hydrogens (tertiary/aromatic N) is 2. The molecular formula is C17H35N3. The van der Waals surface area contributed by atoms with Crippen molar-refractivity contribution in [2.75, 3.05) is 32.7 Å². The maximum Gasteiger partial charge on any atom is 0.0235 e. The van der Waals surface area contributed by atoms with Gasteiger partial charge >= 0.3 is 0 Å². The molecule has 2 fully saturated rings. The molecule has 0 aromatic rings. The Labute approximate surface area is 125 Å². The standard InChI is InChI=1S/C17H35N3/c1-3-5-6-15(4-2)13-19-10-9-17(14-19)20-11-7-16(18)8-12-20/h15-17H,3-14,18H2,1-2H3. The molecule has 0 aromatic heterocycles. The maximum absolute atomic E-state index is 6.02. The van der Waals surface area contributed by atoms with Crippen LogP contribution in [0.1, 0.15) is 58.8 Å². The van der Waals surface area contributed by atoms with Gasteiger partial charge in [-0.15, -0.1) is 0 Å². The summed E-state index contributed by atoms with van der Waals surface area (Å²) in [6, 6.07) is 1.27. The van der Waals surface area contributed by atoms with Crippen molar-refractivity contribution >= 4 is 0 Å². The van der Waals surface area contributed by atoms with Gasteiger partial charge in [-0.2, -0.15) is 0 Å². The second kappa shape index (κ2) is 8.35. The summed E-state index contributed by atoms with van der Waals surface area (Å²) in [4.78, 5) is 5.43. The smallest absolute Gasteiger partial charge is 0.0235 e. The van der Waals surface area contributed by atoms with Gasteiger partial charge in [-0.25, -0.2) is 0 Å². The topological polar surface area (TPSA) is 32.5 Å². The molecule has 0 bridgehead atoms. The van der Waals surface area contributed by atoms with Crippen LogP contribution in [0.25, 0.3) is 0 Å². The third kappa shape index (κ3) is 4.71. The fourth-order valence-corrected chi connectivity index (χ4v) is 3.84. The fraction of sp³-hybridized carbons (Fsp3) is 1.00. The zero-order valence-corrected chi connectivity index (χ0v) is 13.7. The number of rotatable bonds is 7. The highest BCUT2D eigenvalue weighted by atomic mass is 15.3. The van der Waals surface area contributed by atoms with E-state index in [0.717, 1.165) is 12.0 Å². The van der Waals surface area contributed by atoms with Crippen LogP contribution in [0.15, 0.2) is 0 Å². The molecule has 2 unspecified atom stereocenters. The van der Waals surface area contributed by atoms with Crippen molar-refractivity contribution < 1.29 is 0 Å². The van der Waals surface area contributed by atoms with Crippen molar-refractivity contribution in [3.8, 4) is 0 Å². The highest BCUT2D eigenvalue weighted by molar-refractivity contribution is 4.87. The molecule has 20 heavy (non-hydrogen) atoms. The Balaban J connectivity index is 1.71. The van der Waals surface area contributed by atoms with Crippen molar-refractivity contribution in [3.63, 3.8) is 0 Å². The lowest BCUT2D eigenvalue weighted by Gasteiger charge is -2.35. The van der Waals surface area contributed by atoms with Crippen molar-refractivity contribution in [3.05, 3.63) is 0 Å². The molecule has 3 nitrogen and oxygen atoms in total. The zero-order chi connectivity index (χ0) is 14.4. The van der Waals surface area contributed by atoms with Gasteiger partial charge in [0.15, 0.2) is 0 Å². The van der Waals surface area contributed by atoms with Crippen molar-refractivity contribution in [2.24, 2.45) is 11.7 Å². The minimum absolute atomic E-state index is 0.460. The minimum Gasteiger partial charge on any atom is -0.328 e. The highest BCUT2D eigenvalue weighted by Gasteiger charge is 2.30. The number of hydrogen-bond acceptors (Lipinski definition) is 3. The summed E-state index contributed by atoms with van der Waals surface area (Å²) < 4.78 is 0. The molecule has 3 heteroatoms. The molecular weight excluding hydrogens is 246 g/mol. The Bertz CT molecular complexity index is 261. The molecule has 0 aromatic carbocycles. The third-order valence-electron chi connectivity index (χ3n) is 5.40. The lowest BCUT2D eigenvalue weighted by molar-refractivity contribution is 0.148. The summed E-state index contributed by atoms with van der Waals surface area (Å²) in [5, 5.41) is 0. The van der Waals surface area contributed by atoms with Gasteiger partial charge in [0, 0.05) is 25.2 Å². The molecule has 2 aliphatic heterocycles. The second-order valence-corrected chi connectivity index (χ2v) is 6.99.